The molecule has 10 rings (SSSR count). The molecule has 9 aromatic rings. The van der Waals surface area contributed by atoms with Gasteiger partial charge in [0.15, 0.2) is 0 Å². The van der Waals surface area contributed by atoms with Gasteiger partial charge in [0.25, 0.3) is 0 Å². The highest BCUT2D eigenvalue weighted by Crippen LogP contribution is 2.48. The van der Waals surface area contributed by atoms with Crippen LogP contribution in [0.5, 0.6) is 0 Å². The average molecular weight is 639 g/mol. The van der Waals surface area contributed by atoms with E-state index in [9.17, 15) is 0 Å². The van der Waals surface area contributed by atoms with Crippen molar-refractivity contribution in [3.63, 3.8) is 0 Å². The lowest BCUT2D eigenvalue weighted by Gasteiger charge is -2.23. The summed E-state index contributed by atoms with van der Waals surface area (Å²) in [5, 5.41) is 13.4. The zero-order valence-electron chi connectivity index (χ0n) is 27.7. The van der Waals surface area contributed by atoms with Crippen molar-refractivity contribution < 1.29 is 0 Å². The van der Waals surface area contributed by atoms with Gasteiger partial charge >= 0.3 is 0 Å². The highest BCUT2D eigenvalue weighted by Gasteiger charge is 2.38. The SMILES string of the molecule is C[Si]1(C)c2ccccc2-c2cc3c(-c4ccccc4-c4ccc5ccccc5c4)c4ccccc4c(-c4cccc5ccccc45)c3cc21. The van der Waals surface area contributed by atoms with Gasteiger partial charge in [-0.3, -0.25) is 0 Å². The molecule has 0 nitrogen and oxygen atoms in total. The van der Waals surface area contributed by atoms with E-state index in [1.165, 1.54) is 98.0 Å². The largest absolute Gasteiger partial charge is 0.113 e. The second kappa shape index (κ2) is 10.6. The first-order chi connectivity index (χ1) is 24.1. The van der Waals surface area contributed by atoms with Crippen LogP contribution in [0.2, 0.25) is 13.1 Å². The summed E-state index contributed by atoms with van der Waals surface area (Å²) in [7, 11) is -1.93. The Labute approximate surface area is 287 Å². The van der Waals surface area contributed by atoms with Gasteiger partial charge in [0.05, 0.1) is 0 Å². The predicted molar refractivity (Wildman–Crippen MR) is 215 cm³/mol. The van der Waals surface area contributed by atoms with Crippen molar-refractivity contribution in [3.05, 3.63) is 170 Å². The molecule has 0 radical (unpaired) electrons. The Balaban J connectivity index is 1.38. The van der Waals surface area contributed by atoms with Crippen molar-refractivity contribution >= 4 is 61.5 Å². The quantitative estimate of drug-likeness (QED) is 0.133. The molecule has 1 heterocycles. The molecule has 0 atom stereocenters. The number of rotatable bonds is 3. The van der Waals surface area contributed by atoms with Crippen molar-refractivity contribution in [2.24, 2.45) is 0 Å². The molecule has 0 amide bonds. The molecule has 0 aliphatic carbocycles. The number of hydrogen-bond donors (Lipinski definition) is 0. The van der Waals surface area contributed by atoms with Crippen molar-refractivity contribution in [2.75, 3.05) is 0 Å². The minimum atomic E-state index is -1.93. The van der Waals surface area contributed by atoms with Crippen LogP contribution in [0.1, 0.15) is 0 Å². The lowest BCUT2D eigenvalue weighted by molar-refractivity contribution is 1.62. The fraction of sp³-hybridized carbons (Fsp3) is 0.0417. The third kappa shape index (κ3) is 4.16. The molecule has 0 spiro atoms. The molecule has 230 valence electrons. The summed E-state index contributed by atoms with van der Waals surface area (Å²) in [4.78, 5) is 0. The van der Waals surface area contributed by atoms with Crippen LogP contribution in [-0.2, 0) is 0 Å². The molecular formula is C48H34Si. The molecule has 0 N–H and O–H groups in total. The van der Waals surface area contributed by atoms with E-state index in [4.69, 9.17) is 0 Å². The highest BCUT2D eigenvalue weighted by atomic mass is 28.3. The maximum absolute atomic E-state index is 2.60. The summed E-state index contributed by atoms with van der Waals surface area (Å²) in [6, 6.07) is 63.7. The van der Waals surface area contributed by atoms with Crippen LogP contribution in [0.25, 0.3) is 87.6 Å². The zero-order valence-corrected chi connectivity index (χ0v) is 28.7. The fourth-order valence-corrected chi connectivity index (χ4v) is 11.8. The first-order valence-corrected chi connectivity index (χ1v) is 20.3. The Morgan fingerprint density at radius 2 is 0.857 bits per heavy atom. The summed E-state index contributed by atoms with van der Waals surface area (Å²) in [5.74, 6) is 0. The van der Waals surface area contributed by atoms with Gasteiger partial charge in [-0.25, -0.2) is 0 Å². The van der Waals surface area contributed by atoms with E-state index in [0.29, 0.717) is 0 Å². The third-order valence-corrected chi connectivity index (χ3v) is 14.6. The van der Waals surface area contributed by atoms with Gasteiger partial charge in [0.1, 0.15) is 8.07 Å². The molecule has 0 fully saturated rings. The monoisotopic (exact) mass is 638 g/mol. The minimum Gasteiger partial charge on any atom is -0.0623 e. The molecular weight excluding hydrogens is 605 g/mol. The Bertz CT molecular complexity index is 2800. The summed E-state index contributed by atoms with van der Waals surface area (Å²) >= 11 is 0. The first kappa shape index (κ1) is 28.3. The van der Waals surface area contributed by atoms with Crippen molar-refractivity contribution in [1.82, 2.24) is 0 Å². The molecule has 0 aromatic heterocycles. The Kier molecular flexibility index (Phi) is 6.13. The lowest BCUT2D eigenvalue weighted by atomic mass is 9.82. The van der Waals surface area contributed by atoms with Crippen LogP contribution in [0.4, 0.5) is 0 Å². The third-order valence-electron chi connectivity index (χ3n) is 11.0. The van der Waals surface area contributed by atoms with Gasteiger partial charge in [0.2, 0.25) is 0 Å². The van der Waals surface area contributed by atoms with E-state index in [1.54, 1.807) is 0 Å². The van der Waals surface area contributed by atoms with Crippen LogP contribution in [0, 0.1) is 0 Å². The number of benzene rings is 9. The second-order valence-corrected chi connectivity index (χ2v) is 18.4. The van der Waals surface area contributed by atoms with E-state index in [0.717, 1.165) is 0 Å². The molecule has 49 heavy (non-hydrogen) atoms. The summed E-state index contributed by atoms with van der Waals surface area (Å²) in [6.45, 7) is 5.05. The minimum absolute atomic E-state index is 1.24. The normalized spacial score (nSPS) is 13.3. The molecule has 1 aliphatic heterocycles. The van der Waals surface area contributed by atoms with Gasteiger partial charge in [-0.1, -0.05) is 171 Å². The number of fused-ring (bicyclic) bond motifs is 7. The highest BCUT2D eigenvalue weighted by molar-refractivity contribution is 7.04. The average Bonchev–Trinajstić information content (AvgIpc) is 3.38. The van der Waals surface area contributed by atoms with Gasteiger partial charge in [-0.2, -0.15) is 0 Å². The molecule has 1 aliphatic rings. The van der Waals surface area contributed by atoms with Gasteiger partial charge in [-0.05, 0) is 110 Å². The molecule has 1 heteroatoms. The van der Waals surface area contributed by atoms with E-state index in [-0.39, 0.29) is 0 Å². The van der Waals surface area contributed by atoms with Gasteiger partial charge < -0.3 is 0 Å². The summed E-state index contributed by atoms with van der Waals surface area (Å²) in [6.07, 6.45) is 0. The molecule has 0 saturated heterocycles. The summed E-state index contributed by atoms with van der Waals surface area (Å²) in [5.41, 5.74) is 10.5. The first-order valence-electron chi connectivity index (χ1n) is 17.3. The summed E-state index contributed by atoms with van der Waals surface area (Å²) < 4.78 is 0. The Morgan fingerprint density at radius 1 is 0.306 bits per heavy atom. The maximum atomic E-state index is 2.60. The van der Waals surface area contributed by atoms with E-state index in [1.807, 2.05) is 0 Å². The van der Waals surface area contributed by atoms with Gasteiger partial charge in [0, 0.05) is 0 Å². The van der Waals surface area contributed by atoms with Crippen LogP contribution in [0.15, 0.2) is 170 Å². The van der Waals surface area contributed by atoms with Crippen molar-refractivity contribution in [1.29, 1.82) is 0 Å². The maximum Gasteiger partial charge on any atom is 0.113 e. The lowest BCUT2D eigenvalue weighted by Crippen LogP contribution is -2.49. The molecule has 9 aromatic carbocycles. The Hall–Kier alpha value is -5.76. The predicted octanol–water partition coefficient (Wildman–Crippen LogP) is 12.1. The molecule has 0 saturated carbocycles. The zero-order chi connectivity index (χ0) is 32.7. The number of hydrogen-bond acceptors (Lipinski definition) is 0. The van der Waals surface area contributed by atoms with E-state index >= 15 is 0 Å². The van der Waals surface area contributed by atoms with Crippen LogP contribution in [-0.4, -0.2) is 8.07 Å². The fourth-order valence-electron chi connectivity index (χ4n) is 8.70. The second-order valence-electron chi connectivity index (χ2n) is 14.0. The van der Waals surface area contributed by atoms with E-state index < -0.39 is 8.07 Å². The smallest absolute Gasteiger partial charge is 0.0623 e. The molecule has 0 unspecified atom stereocenters. The van der Waals surface area contributed by atoms with Crippen molar-refractivity contribution in [2.45, 2.75) is 13.1 Å². The Morgan fingerprint density at radius 3 is 1.65 bits per heavy atom. The van der Waals surface area contributed by atoms with Crippen molar-refractivity contribution in [3.8, 4) is 44.5 Å². The van der Waals surface area contributed by atoms with E-state index in [2.05, 4.69) is 183 Å². The van der Waals surface area contributed by atoms with Crippen LogP contribution < -0.4 is 10.4 Å². The van der Waals surface area contributed by atoms with Crippen LogP contribution >= 0.6 is 0 Å². The van der Waals surface area contributed by atoms with Gasteiger partial charge in [-0.15, -0.1) is 0 Å². The van der Waals surface area contributed by atoms with Crippen LogP contribution in [0.3, 0.4) is 0 Å². The molecule has 0 bridgehead atoms. The topological polar surface area (TPSA) is 0 Å². The standard InChI is InChI=1S/C48H34Si/c1-49(2)45-25-12-11-20-37(45)42-29-43-44(30-46(42)49)48(39-24-13-17-32-15-5-6-18-35(32)39)41-23-10-9-22-40(41)47(43)38-21-8-7-19-36(38)34-27-26-31-14-3-4-16-33(31)28-34/h3-30H,1-2H3.